The topological polar surface area (TPSA) is 29.1 Å². The van der Waals surface area contributed by atoms with Crippen LogP contribution < -0.4 is 5.32 Å². The van der Waals surface area contributed by atoms with E-state index in [1.165, 1.54) is 0 Å². The molecule has 0 aromatic heterocycles. The summed E-state index contributed by atoms with van der Waals surface area (Å²) in [4.78, 5) is 12.1. The molecular formula is C13H17BrClNO. The Morgan fingerprint density at radius 3 is 2.53 bits per heavy atom. The molecule has 0 saturated heterocycles. The fourth-order valence-electron chi connectivity index (χ4n) is 1.45. The highest BCUT2D eigenvalue weighted by Crippen LogP contribution is 2.26. The van der Waals surface area contributed by atoms with Gasteiger partial charge in [-0.15, -0.1) is 0 Å². The molecule has 0 saturated carbocycles. The predicted octanol–water partition coefficient (Wildman–Crippen LogP) is 4.41. The van der Waals surface area contributed by atoms with Crippen molar-refractivity contribution >= 4 is 33.4 Å². The normalized spacial score (nSPS) is 11.4. The summed E-state index contributed by atoms with van der Waals surface area (Å²) < 4.78 is 0.738. The van der Waals surface area contributed by atoms with E-state index in [0.717, 1.165) is 17.3 Å². The Labute approximate surface area is 116 Å². The molecule has 0 aliphatic heterocycles. The zero-order valence-corrected chi connectivity index (χ0v) is 12.7. The summed E-state index contributed by atoms with van der Waals surface area (Å²) in [5, 5.41) is 3.49. The summed E-state index contributed by atoms with van der Waals surface area (Å²) in [6.07, 6.45) is 1.78. The van der Waals surface area contributed by atoms with E-state index < -0.39 is 0 Å². The molecule has 1 amide bonds. The first-order valence-corrected chi connectivity index (χ1v) is 6.87. The van der Waals surface area contributed by atoms with E-state index in [1.807, 2.05) is 13.0 Å². The molecule has 1 aromatic carbocycles. The third-order valence-electron chi connectivity index (χ3n) is 3.17. The smallest absolute Gasteiger partial charge is 0.253 e. The molecule has 0 atom stereocenters. The van der Waals surface area contributed by atoms with Crippen molar-refractivity contribution in [2.24, 2.45) is 0 Å². The van der Waals surface area contributed by atoms with E-state index in [-0.39, 0.29) is 11.4 Å². The van der Waals surface area contributed by atoms with E-state index in [4.69, 9.17) is 11.6 Å². The maximum atomic E-state index is 12.1. The fourth-order valence-corrected chi connectivity index (χ4v) is 2.03. The summed E-state index contributed by atoms with van der Waals surface area (Å²) in [6, 6.07) is 5.35. The highest BCUT2D eigenvalue weighted by atomic mass is 79.9. The molecule has 1 aromatic rings. The quantitative estimate of drug-likeness (QED) is 0.875. The molecule has 0 radical (unpaired) electrons. The van der Waals surface area contributed by atoms with Gasteiger partial charge in [-0.2, -0.15) is 0 Å². The Hall–Kier alpha value is -0.540. The van der Waals surface area contributed by atoms with Crippen LogP contribution in [0.2, 0.25) is 5.02 Å². The molecule has 17 heavy (non-hydrogen) atoms. The van der Waals surface area contributed by atoms with Crippen LogP contribution in [0.15, 0.2) is 22.7 Å². The van der Waals surface area contributed by atoms with Gasteiger partial charge >= 0.3 is 0 Å². The van der Waals surface area contributed by atoms with Crippen molar-refractivity contribution in [3.8, 4) is 0 Å². The van der Waals surface area contributed by atoms with Crippen LogP contribution in [0.5, 0.6) is 0 Å². The first-order valence-electron chi connectivity index (χ1n) is 5.70. The van der Waals surface area contributed by atoms with Crippen molar-refractivity contribution in [2.45, 2.75) is 39.2 Å². The molecule has 0 aliphatic rings. The van der Waals surface area contributed by atoms with E-state index in [0.29, 0.717) is 10.6 Å². The third kappa shape index (κ3) is 3.46. The minimum atomic E-state index is -0.178. The number of halogens is 2. The third-order valence-corrected chi connectivity index (χ3v) is 4.47. The molecular weight excluding hydrogens is 302 g/mol. The molecule has 0 aliphatic carbocycles. The van der Waals surface area contributed by atoms with Crippen molar-refractivity contribution in [3.63, 3.8) is 0 Å². The fraction of sp³-hybridized carbons (Fsp3) is 0.462. The summed E-state index contributed by atoms with van der Waals surface area (Å²) in [7, 11) is 0. The molecule has 1 N–H and O–H groups in total. The minimum absolute atomic E-state index is 0.123. The van der Waals surface area contributed by atoms with Crippen LogP contribution in [0, 0.1) is 0 Å². The van der Waals surface area contributed by atoms with Crippen LogP contribution in [0.4, 0.5) is 0 Å². The molecule has 0 fully saturated rings. The van der Waals surface area contributed by atoms with Gasteiger partial charge in [-0.25, -0.2) is 0 Å². The second-order valence-electron chi connectivity index (χ2n) is 4.32. The van der Waals surface area contributed by atoms with Gasteiger partial charge in [0.05, 0.1) is 10.6 Å². The van der Waals surface area contributed by atoms with Crippen molar-refractivity contribution in [1.29, 1.82) is 0 Å². The number of benzene rings is 1. The minimum Gasteiger partial charge on any atom is -0.347 e. The average molecular weight is 319 g/mol. The van der Waals surface area contributed by atoms with Gasteiger partial charge in [0.1, 0.15) is 0 Å². The Bertz CT molecular complexity index is 416. The Kier molecular flexibility index (Phi) is 5.02. The van der Waals surface area contributed by atoms with Gasteiger partial charge in [-0.05, 0) is 47.8 Å². The Morgan fingerprint density at radius 2 is 2.00 bits per heavy atom. The molecule has 4 heteroatoms. The van der Waals surface area contributed by atoms with E-state index in [2.05, 4.69) is 35.1 Å². The van der Waals surface area contributed by atoms with E-state index in [1.54, 1.807) is 12.1 Å². The van der Waals surface area contributed by atoms with Crippen LogP contribution in [0.1, 0.15) is 44.0 Å². The Balaban J connectivity index is 2.94. The number of hydrogen-bond donors (Lipinski definition) is 1. The van der Waals surface area contributed by atoms with Gasteiger partial charge in [0.15, 0.2) is 0 Å². The lowest BCUT2D eigenvalue weighted by atomic mass is 9.95. The van der Waals surface area contributed by atoms with Gasteiger partial charge in [0.2, 0.25) is 0 Å². The summed E-state index contributed by atoms with van der Waals surface area (Å²) in [5.41, 5.74) is 0.331. The van der Waals surface area contributed by atoms with Crippen molar-refractivity contribution < 1.29 is 4.79 Å². The zero-order valence-electron chi connectivity index (χ0n) is 10.3. The van der Waals surface area contributed by atoms with E-state index >= 15 is 0 Å². The van der Waals surface area contributed by atoms with Crippen LogP contribution in [-0.4, -0.2) is 11.4 Å². The van der Waals surface area contributed by atoms with E-state index in [9.17, 15) is 4.79 Å². The van der Waals surface area contributed by atoms with Crippen LogP contribution in [0.3, 0.4) is 0 Å². The van der Waals surface area contributed by atoms with Crippen LogP contribution in [0.25, 0.3) is 0 Å². The zero-order chi connectivity index (χ0) is 13.1. The number of carbonyl (C=O) groups is 1. The van der Waals surface area contributed by atoms with Crippen molar-refractivity contribution in [2.75, 3.05) is 0 Å². The lowest BCUT2D eigenvalue weighted by Crippen LogP contribution is -2.45. The summed E-state index contributed by atoms with van der Waals surface area (Å²) in [5.74, 6) is -0.123. The van der Waals surface area contributed by atoms with Gasteiger partial charge in [-0.3, -0.25) is 4.79 Å². The van der Waals surface area contributed by atoms with Crippen molar-refractivity contribution in [1.82, 2.24) is 5.32 Å². The summed E-state index contributed by atoms with van der Waals surface area (Å²) >= 11 is 9.41. The van der Waals surface area contributed by atoms with Crippen LogP contribution in [-0.2, 0) is 0 Å². The number of carbonyl (C=O) groups excluding carboxylic acids is 1. The maximum absolute atomic E-state index is 12.1. The largest absolute Gasteiger partial charge is 0.347 e. The van der Waals surface area contributed by atoms with Gasteiger partial charge in [0.25, 0.3) is 5.91 Å². The SMILES string of the molecule is CCC(C)(CC)NC(=O)c1cccc(Br)c1Cl. The molecule has 0 bridgehead atoms. The summed E-state index contributed by atoms with van der Waals surface area (Å²) in [6.45, 7) is 6.16. The first kappa shape index (κ1) is 14.5. The van der Waals surface area contributed by atoms with Crippen LogP contribution >= 0.6 is 27.5 Å². The molecule has 1 rings (SSSR count). The average Bonchev–Trinajstić information content (AvgIpc) is 2.32. The molecule has 94 valence electrons. The number of amides is 1. The second-order valence-corrected chi connectivity index (χ2v) is 5.56. The standard InChI is InChI=1S/C13H17BrClNO/c1-4-13(3,5-2)16-12(17)9-7-6-8-10(14)11(9)15/h6-8H,4-5H2,1-3H3,(H,16,17). The second kappa shape index (κ2) is 5.87. The van der Waals surface area contributed by atoms with Gasteiger partial charge in [0, 0.05) is 10.0 Å². The monoisotopic (exact) mass is 317 g/mol. The lowest BCUT2D eigenvalue weighted by molar-refractivity contribution is 0.0901. The molecule has 2 nitrogen and oxygen atoms in total. The van der Waals surface area contributed by atoms with Gasteiger partial charge in [-0.1, -0.05) is 31.5 Å². The molecule has 0 unspecified atom stereocenters. The Morgan fingerprint density at radius 1 is 1.41 bits per heavy atom. The molecule has 0 spiro atoms. The number of rotatable bonds is 4. The first-order chi connectivity index (χ1) is 7.93. The number of hydrogen-bond acceptors (Lipinski definition) is 1. The van der Waals surface area contributed by atoms with Crippen molar-refractivity contribution in [3.05, 3.63) is 33.3 Å². The lowest BCUT2D eigenvalue weighted by Gasteiger charge is -2.28. The highest BCUT2D eigenvalue weighted by molar-refractivity contribution is 9.10. The molecule has 0 heterocycles. The van der Waals surface area contributed by atoms with Gasteiger partial charge < -0.3 is 5.32 Å². The highest BCUT2D eigenvalue weighted by Gasteiger charge is 2.23. The number of nitrogens with one attached hydrogen (secondary N) is 1. The maximum Gasteiger partial charge on any atom is 0.253 e. The predicted molar refractivity (Wildman–Crippen MR) is 75.6 cm³/mol.